The maximum atomic E-state index is 13.9. The molecule has 0 aromatic rings. The zero-order chi connectivity index (χ0) is 21.2. The molecule has 7 heteroatoms. The van der Waals surface area contributed by atoms with E-state index in [0.29, 0.717) is 32.1 Å². The Balaban J connectivity index is 1.87. The number of fused-ring (bicyclic) bond motifs is 5. The summed E-state index contributed by atoms with van der Waals surface area (Å²) in [6.45, 7) is 3.07. The Morgan fingerprint density at radius 3 is 2.62 bits per heavy atom. The predicted molar refractivity (Wildman–Crippen MR) is 107 cm³/mol. The minimum absolute atomic E-state index is 0.00189. The number of ketones is 3. The quantitative estimate of drug-likeness (QED) is 0.677. The van der Waals surface area contributed by atoms with Gasteiger partial charge >= 0.3 is 0 Å². The van der Waals surface area contributed by atoms with Crippen molar-refractivity contribution in [2.24, 2.45) is 22.7 Å². The lowest BCUT2D eigenvalue weighted by atomic mass is 9.45. The fourth-order valence-electron chi connectivity index (χ4n) is 7.22. The van der Waals surface area contributed by atoms with Gasteiger partial charge in [-0.25, -0.2) is 0 Å². The molecule has 4 aliphatic rings. The van der Waals surface area contributed by atoms with Crippen LogP contribution in [-0.4, -0.2) is 44.5 Å². The Morgan fingerprint density at radius 1 is 1.24 bits per heavy atom. The molecule has 1 unspecified atom stereocenters. The first-order valence-corrected chi connectivity index (χ1v) is 11.1. The Bertz CT molecular complexity index is 877. The van der Waals surface area contributed by atoms with Crippen LogP contribution in [0, 0.1) is 33.3 Å². The average molecular weight is 418 g/mol. The zero-order valence-corrected chi connectivity index (χ0v) is 17.7. The van der Waals surface area contributed by atoms with Crippen LogP contribution < -0.4 is 0 Å². The average Bonchev–Trinajstić information content (AvgIpc) is 2.94. The number of Topliss-reactive ketones (excluding diaryl/α,β-unsaturated/α-hetero) is 2. The summed E-state index contributed by atoms with van der Waals surface area (Å²) in [5.74, 6) is -0.917. The van der Waals surface area contributed by atoms with Crippen molar-refractivity contribution in [3.05, 3.63) is 11.6 Å². The number of aliphatic hydroxyl groups excluding tert-OH is 1. The summed E-state index contributed by atoms with van der Waals surface area (Å²) < 4.78 is -0.968. The molecule has 0 heterocycles. The number of hydrogen-bond donors (Lipinski definition) is 2. The van der Waals surface area contributed by atoms with Gasteiger partial charge in [0.05, 0.1) is 0 Å². The van der Waals surface area contributed by atoms with Crippen LogP contribution in [0.15, 0.2) is 11.6 Å². The molecular weight excluding hydrogens is 390 g/mol. The Labute approximate surface area is 174 Å². The summed E-state index contributed by atoms with van der Waals surface area (Å²) in [4.78, 5) is 38.4. The SMILES string of the molecule is C[C@]12CCC(=O)C=C1CC[C@H]1[C@@H]3CC[C@](O)(C(=O)CO)[C@@]3(C)CC(=O)C12SC#N. The summed E-state index contributed by atoms with van der Waals surface area (Å²) >= 11 is 1.03. The second-order valence-electron chi connectivity index (χ2n) is 9.65. The highest BCUT2D eigenvalue weighted by Gasteiger charge is 2.74. The maximum absolute atomic E-state index is 13.9. The van der Waals surface area contributed by atoms with Gasteiger partial charge in [-0.15, -0.1) is 0 Å². The predicted octanol–water partition coefficient (Wildman–Crippen LogP) is 2.33. The second-order valence-corrected chi connectivity index (χ2v) is 10.7. The van der Waals surface area contributed by atoms with Gasteiger partial charge in [0.1, 0.15) is 22.4 Å². The number of carbonyl (C=O) groups excluding carboxylic acids is 3. The molecule has 0 aliphatic heterocycles. The number of rotatable bonds is 3. The lowest BCUT2D eigenvalue weighted by molar-refractivity contribution is -0.167. The molecule has 4 aliphatic carbocycles. The fraction of sp³-hybridized carbons (Fsp3) is 0.727. The van der Waals surface area contributed by atoms with Crippen LogP contribution in [0.5, 0.6) is 0 Å². The van der Waals surface area contributed by atoms with Crippen LogP contribution in [0.3, 0.4) is 0 Å². The normalized spacial score (nSPS) is 46.2. The van der Waals surface area contributed by atoms with E-state index in [2.05, 4.69) is 5.40 Å². The van der Waals surface area contributed by atoms with E-state index in [-0.39, 0.29) is 36.2 Å². The van der Waals surface area contributed by atoms with Crippen molar-refractivity contribution in [2.45, 2.75) is 69.1 Å². The number of hydrogen-bond acceptors (Lipinski definition) is 7. The summed E-state index contributed by atoms with van der Waals surface area (Å²) in [5.41, 5.74) is -2.28. The first-order valence-electron chi connectivity index (χ1n) is 10.3. The number of nitrogens with zero attached hydrogens (tertiary/aromatic N) is 1. The summed E-state index contributed by atoms with van der Waals surface area (Å²) in [5, 5.41) is 32.6. The van der Waals surface area contributed by atoms with Crippen molar-refractivity contribution in [1.29, 1.82) is 5.26 Å². The molecule has 0 aromatic carbocycles. The van der Waals surface area contributed by atoms with Gasteiger partial charge < -0.3 is 10.2 Å². The van der Waals surface area contributed by atoms with Crippen LogP contribution in [0.2, 0.25) is 0 Å². The molecule has 0 radical (unpaired) electrons. The number of nitriles is 1. The van der Waals surface area contributed by atoms with Gasteiger partial charge in [-0.3, -0.25) is 14.4 Å². The molecule has 3 saturated carbocycles. The molecule has 6 nitrogen and oxygen atoms in total. The van der Waals surface area contributed by atoms with Crippen molar-refractivity contribution >= 4 is 29.1 Å². The third-order valence-corrected chi connectivity index (χ3v) is 10.2. The standard InChI is InChI=1S/C22H27NO5S/c1-19-7-5-14(25)9-13(19)3-4-16-15-6-8-21(28,18(27)11-24)20(15,2)10-17(26)22(16,19)29-12-23/h9,15-16,24,28H,3-8,10-11H2,1-2H3/t15-,16-,19-,20-,21-,22?/m0/s1. The smallest absolute Gasteiger partial charge is 0.190 e. The molecule has 6 atom stereocenters. The third kappa shape index (κ3) is 2.34. The largest absolute Gasteiger partial charge is 0.388 e. The molecule has 0 aromatic heterocycles. The Morgan fingerprint density at radius 2 is 1.97 bits per heavy atom. The molecule has 0 amide bonds. The van der Waals surface area contributed by atoms with Crippen LogP contribution in [0.25, 0.3) is 0 Å². The lowest BCUT2D eigenvalue weighted by Gasteiger charge is -2.63. The van der Waals surface area contributed by atoms with E-state index in [1.54, 1.807) is 13.0 Å². The monoisotopic (exact) mass is 417 g/mol. The van der Waals surface area contributed by atoms with Crippen molar-refractivity contribution in [1.82, 2.24) is 0 Å². The molecule has 0 spiro atoms. The Kier molecular flexibility index (Phi) is 4.66. The zero-order valence-electron chi connectivity index (χ0n) is 16.9. The highest BCUT2D eigenvalue weighted by molar-refractivity contribution is 8.05. The van der Waals surface area contributed by atoms with Gasteiger partial charge in [0, 0.05) is 23.7 Å². The minimum atomic E-state index is -1.72. The molecule has 4 rings (SSSR count). The number of aliphatic hydroxyl groups is 2. The van der Waals surface area contributed by atoms with Gasteiger partial charge in [-0.1, -0.05) is 19.4 Å². The first-order chi connectivity index (χ1) is 13.6. The van der Waals surface area contributed by atoms with Crippen molar-refractivity contribution in [2.75, 3.05) is 6.61 Å². The van der Waals surface area contributed by atoms with Gasteiger partial charge in [-0.05, 0) is 61.8 Å². The molecule has 0 saturated heterocycles. The number of carbonyl (C=O) groups is 3. The van der Waals surface area contributed by atoms with Crippen molar-refractivity contribution in [3.63, 3.8) is 0 Å². The van der Waals surface area contributed by atoms with Crippen LogP contribution in [-0.2, 0) is 14.4 Å². The minimum Gasteiger partial charge on any atom is -0.388 e. The third-order valence-electron chi connectivity index (χ3n) is 8.80. The van der Waals surface area contributed by atoms with Gasteiger partial charge in [0.15, 0.2) is 17.3 Å². The first kappa shape index (κ1) is 20.8. The van der Waals surface area contributed by atoms with E-state index >= 15 is 0 Å². The second kappa shape index (κ2) is 6.50. The number of allylic oxidation sites excluding steroid dienone is 1. The molecule has 2 N–H and O–H groups in total. The topological polar surface area (TPSA) is 115 Å². The van der Waals surface area contributed by atoms with E-state index in [4.69, 9.17) is 0 Å². The highest BCUT2D eigenvalue weighted by atomic mass is 32.2. The summed E-state index contributed by atoms with van der Waals surface area (Å²) in [6.07, 6.45) is 4.73. The summed E-state index contributed by atoms with van der Waals surface area (Å²) in [6, 6.07) is 0. The highest BCUT2D eigenvalue weighted by Crippen LogP contribution is 2.71. The van der Waals surface area contributed by atoms with E-state index in [1.807, 2.05) is 6.92 Å². The van der Waals surface area contributed by atoms with Crippen LogP contribution in [0.4, 0.5) is 0 Å². The van der Waals surface area contributed by atoms with E-state index in [9.17, 15) is 29.9 Å². The van der Waals surface area contributed by atoms with Crippen LogP contribution >= 0.6 is 11.8 Å². The number of thiocyanates is 1. The van der Waals surface area contributed by atoms with E-state index in [1.165, 1.54) is 0 Å². The molecule has 3 fully saturated rings. The molecule has 29 heavy (non-hydrogen) atoms. The van der Waals surface area contributed by atoms with E-state index in [0.717, 1.165) is 17.3 Å². The maximum Gasteiger partial charge on any atom is 0.190 e. The van der Waals surface area contributed by atoms with E-state index < -0.39 is 33.6 Å². The van der Waals surface area contributed by atoms with Crippen molar-refractivity contribution in [3.8, 4) is 5.40 Å². The molecule has 156 valence electrons. The van der Waals surface area contributed by atoms with Gasteiger partial charge in [-0.2, -0.15) is 5.26 Å². The Hall–Kier alpha value is -1.49. The van der Waals surface area contributed by atoms with Gasteiger partial charge in [0.25, 0.3) is 0 Å². The van der Waals surface area contributed by atoms with Crippen LogP contribution in [0.1, 0.15) is 58.8 Å². The fourth-order valence-corrected chi connectivity index (χ4v) is 8.44. The molecule has 0 bridgehead atoms. The van der Waals surface area contributed by atoms with Crippen molar-refractivity contribution < 1.29 is 24.6 Å². The van der Waals surface area contributed by atoms with Gasteiger partial charge in [0.2, 0.25) is 0 Å². The summed E-state index contributed by atoms with van der Waals surface area (Å²) in [7, 11) is 0. The molecular formula is C22H27NO5S. The lowest BCUT2D eigenvalue weighted by Crippen LogP contribution is -2.68. The number of thioether (sulfide) groups is 1.